The molecule has 0 aliphatic carbocycles. The van der Waals surface area contributed by atoms with Crippen molar-refractivity contribution in [3.8, 4) is 0 Å². The average molecular weight is 353 g/mol. The van der Waals surface area contributed by atoms with E-state index in [1.807, 2.05) is 13.8 Å². The second kappa shape index (κ2) is 7.07. The fourth-order valence-electron chi connectivity index (χ4n) is 2.98. The Morgan fingerprint density at radius 1 is 1.08 bits per heavy atom. The molecule has 26 heavy (non-hydrogen) atoms. The van der Waals surface area contributed by atoms with Crippen LogP contribution in [0.5, 0.6) is 0 Å². The lowest BCUT2D eigenvalue weighted by atomic mass is 9.95. The van der Waals surface area contributed by atoms with E-state index in [9.17, 15) is 14.0 Å². The Balaban J connectivity index is 2.01. The third-order valence-electron chi connectivity index (χ3n) is 4.35. The Morgan fingerprint density at radius 3 is 2.31 bits per heavy atom. The van der Waals surface area contributed by atoms with Crippen LogP contribution in [0.25, 0.3) is 10.8 Å². The first kappa shape index (κ1) is 17.8. The molecule has 1 N–H and O–H groups in total. The van der Waals surface area contributed by atoms with Crippen molar-refractivity contribution in [2.45, 2.75) is 19.9 Å². The van der Waals surface area contributed by atoms with E-state index in [1.165, 1.54) is 23.9 Å². The molecule has 0 aliphatic rings. The van der Waals surface area contributed by atoms with Crippen LogP contribution in [0.1, 0.15) is 35.9 Å². The smallest absolute Gasteiger partial charge is 0.274 e. The van der Waals surface area contributed by atoms with Crippen molar-refractivity contribution in [1.82, 2.24) is 15.1 Å². The summed E-state index contributed by atoms with van der Waals surface area (Å²) in [5.41, 5.74) is 0.746. The van der Waals surface area contributed by atoms with E-state index in [0.29, 0.717) is 10.8 Å². The molecular formula is C20H20FN3O2. The molecular weight excluding hydrogens is 333 g/mol. The van der Waals surface area contributed by atoms with Gasteiger partial charge in [-0.2, -0.15) is 5.10 Å². The minimum Gasteiger partial charge on any atom is -0.344 e. The third-order valence-corrected chi connectivity index (χ3v) is 4.35. The van der Waals surface area contributed by atoms with Crippen molar-refractivity contribution in [2.75, 3.05) is 0 Å². The number of fused-ring (bicyclic) bond motifs is 1. The first-order valence-corrected chi connectivity index (χ1v) is 8.41. The maximum Gasteiger partial charge on any atom is 0.274 e. The molecule has 134 valence electrons. The molecule has 0 saturated carbocycles. The van der Waals surface area contributed by atoms with Gasteiger partial charge in [-0.25, -0.2) is 9.07 Å². The highest BCUT2D eigenvalue weighted by molar-refractivity contribution is 6.04. The van der Waals surface area contributed by atoms with Gasteiger partial charge in [-0.05, 0) is 29.7 Å². The number of nitrogens with zero attached hydrogens (tertiary/aromatic N) is 2. The molecule has 1 atom stereocenters. The van der Waals surface area contributed by atoms with Gasteiger partial charge in [0.05, 0.1) is 11.4 Å². The van der Waals surface area contributed by atoms with Gasteiger partial charge in [0, 0.05) is 12.4 Å². The van der Waals surface area contributed by atoms with Crippen LogP contribution >= 0.6 is 0 Å². The zero-order chi connectivity index (χ0) is 18.8. The summed E-state index contributed by atoms with van der Waals surface area (Å²) in [7, 11) is 1.52. The number of nitrogens with one attached hydrogen (secondary N) is 1. The number of amides is 1. The molecule has 0 aliphatic heterocycles. The number of aromatic nitrogens is 2. The Kier molecular flexibility index (Phi) is 4.84. The van der Waals surface area contributed by atoms with Gasteiger partial charge in [0.15, 0.2) is 5.69 Å². The van der Waals surface area contributed by atoms with Crippen LogP contribution < -0.4 is 10.9 Å². The van der Waals surface area contributed by atoms with Gasteiger partial charge in [0.2, 0.25) is 0 Å². The number of carbonyl (C=O) groups excluding carboxylic acids is 1. The third kappa shape index (κ3) is 3.35. The zero-order valence-electron chi connectivity index (χ0n) is 14.9. The van der Waals surface area contributed by atoms with Crippen molar-refractivity contribution in [1.29, 1.82) is 0 Å². The van der Waals surface area contributed by atoms with Gasteiger partial charge in [-0.15, -0.1) is 0 Å². The summed E-state index contributed by atoms with van der Waals surface area (Å²) in [4.78, 5) is 25.1. The number of benzene rings is 2. The summed E-state index contributed by atoms with van der Waals surface area (Å²) in [5, 5.41) is 8.07. The quantitative estimate of drug-likeness (QED) is 0.783. The topological polar surface area (TPSA) is 64.0 Å². The van der Waals surface area contributed by atoms with Gasteiger partial charge in [0.25, 0.3) is 11.5 Å². The Bertz CT molecular complexity index is 1010. The Hall–Kier alpha value is -3.02. The number of halogens is 1. The molecule has 1 amide bonds. The lowest BCUT2D eigenvalue weighted by Gasteiger charge is -2.23. The molecule has 3 aromatic rings. The molecule has 2 aromatic carbocycles. The second-order valence-corrected chi connectivity index (χ2v) is 6.57. The number of hydrogen-bond donors (Lipinski definition) is 1. The summed E-state index contributed by atoms with van der Waals surface area (Å²) in [5.74, 6) is -0.615. The summed E-state index contributed by atoms with van der Waals surface area (Å²) in [6, 6.07) is 12.7. The van der Waals surface area contributed by atoms with Crippen LogP contribution in [0.3, 0.4) is 0 Å². The SMILES string of the molecule is CC(C)[C@H](NC(=O)c1nn(C)c(=O)c2ccccc12)c1ccc(F)cc1. The van der Waals surface area contributed by atoms with E-state index in [4.69, 9.17) is 0 Å². The number of aryl methyl sites for hydroxylation is 1. The molecule has 6 heteroatoms. The number of carbonyl (C=O) groups is 1. The maximum atomic E-state index is 13.2. The molecule has 0 spiro atoms. The highest BCUT2D eigenvalue weighted by Crippen LogP contribution is 2.23. The number of hydrogen-bond acceptors (Lipinski definition) is 3. The Labute approximate surface area is 150 Å². The highest BCUT2D eigenvalue weighted by Gasteiger charge is 2.22. The summed E-state index contributed by atoms with van der Waals surface area (Å²) >= 11 is 0. The van der Waals surface area contributed by atoms with Gasteiger partial charge in [-0.3, -0.25) is 9.59 Å². The maximum absolute atomic E-state index is 13.2. The van der Waals surface area contributed by atoms with E-state index in [-0.39, 0.29) is 34.9 Å². The first-order valence-electron chi connectivity index (χ1n) is 8.41. The van der Waals surface area contributed by atoms with Crippen LogP contribution in [0.2, 0.25) is 0 Å². The molecule has 0 bridgehead atoms. The molecule has 1 aromatic heterocycles. The first-order chi connectivity index (χ1) is 12.4. The van der Waals surface area contributed by atoms with Gasteiger partial charge in [0.1, 0.15) is 5.82 Å². The van der Waals surface area contributed by atoms with Crippen molar-refractivity contribution in [2.24, 2.45) is 13.0 Å². The normalized spacial score (nSPS) is 12.3. The second-order valence-electron chi connectivity index (χ2n) is 6.57. The summed E-state index contributed by atoms with van der Waals surface area (Å²) in [6.07, 6.45) is 0. The van der Waals surface area contributed by atoms with E-state index >= 15 is 0 Å². The van der Waals surface area contributed by atoms with Gasteiger partial charge in [-0.1, -0.05) is 44.2 Å². The van der Waals surface area contributed by atoms with E-state index in [2.05, 4.69) is 10.4 Å². The minimum atomic E-state index is -0.375. The van der Waals surface area contributed by atoms with Gasteiger partial charge >= 0.3 is 0 Å². The van der Waals surface area contributed by atoms with E-state index in [1.54, 1.807) is 36.4 Å². The van der Waals surface area contributed by atoms with Gasteiger partial charge < -0.3 is 5.32 Å². The largest absolute Gasteiger partial charge is 0.344 e. The average Bonchev–Trinajstić information content (AvgIpc) is 2.63. The van der Waals surface area contributed by atoms with E-state index in [0.717, 1.165) is 5.56 Å². The molecule has 0 fully saturated rings. The van der Waals surface area contributed by atoms with Crippen molar-refractivity contribution < 1.29 is 9.18 Å². The molecule has 1 heterocycles. The predicted molar refractivity (Wildman–Crippen MR) is 98.4 cm³/mol. The fourth-order valence-corrected chi connectivity index (χ4v) is 2.98. The summed E-state index contributed by atoms with van der Waals surface area (Å²) in [6.45, 7) is 3.95. The lowest BCUT2D eigenvalue weighted by Crippen LogP contribution is -2.34. The van der Waals surface area contributed by atoms with Crippen molar-refractivity contribution >= 4 is 16.7 Å². The van der Waals surface area contributed by atoms with Crippen LogP contribution in [0.15, 0.2) is 53.3 Å². The van der Waals surface area contributed by atoms with Crippen molar-refractivity contribution in [3.05, 3.63) is 76.0 Å². The molecule has 5 nitrogen and oxygen atoms in total. The molecule has 0 saturated heterocycles. The summed E-state index contributed by atoms with van der Waals surface area (Å²) < 4.78 is 14.4. The monoisotopic (exact) mass is 353 g/mol. The van der Waals surface area contributed by atoms with Crippen molar-refractivity contribution in [3.63, 3.8) is 0 Å². The molecule has 3 rings (SSSR count). The van der Waals surface area contributed by atoms with Crippen LogP contribution in [-0.4, -0.2) is 15.7 Å². The van der Waals surface area contributed by atoms with Crippen LogP contribution in [-0.2, 0) is 7.05 Å². The standard InChI is InChI=1S/C20H20FN3O2/c1-12(2)17(13-8-10-14(21)11-9-13)22-19(25)18-15-6-4-5-7-16(15)20(26)24(3)23-18/h4-12,17H,1-3H3,(H,22,25)/t17-/m0/s1. The van der Waals surface area contributed by atoms with Crippen LogP contribution in [0, 0.1) is 11.7 Å². The van der Waals surface area contributed by atoms with Crippen LogP contribution in [0.4, 0.5) is 4.39 Å². The predicted octanol–water partition coefficient (Wildman–Crippen LogP) is 3.20. The fraction of sp³-hybridized carbons (Fsp3) is 0.250. The molecule has 0 radical (unpaired) electrons. The zero-order valence-corrected chi connectivity index (χ0v) is 14.9. The number of rotatable bonds is 4. The Morgan fingerprint density at radius 2 is 1.69 bits per heavy atom. The highest BCUT2D eigenvalue weighted by atomic mass is 19.1. The molecule has 0 unspecified atom stereocenters. The minimum absolute atomic E-state index is 0.0863. The van der Waals surface area contributed by atoms with E-state index < -0.39 is 0 Å². The lowest BCUT2D eigenvalue weighted by molar-refractivity contribution is 0.0920.